The molecule has 0 saturated carbocycles. The molecular weight excluding hydrogens is 336 g/mol. The van der Waals surface area contributed by atoms with E-state index in [1.807, 2.05) is 28.9 Å². The molecule has 0 saturated heterocycles. The largest absolute Gasteiger partial charge is 0.350 e. The van der Waals surface area contributed by atoms with E-state index in [4.69, 9.17) is 0 Å². The molecule has 0 aliphatic rings. The van der Waals surface area contributed by atoms with Gasteiger partial charge in [-0.25, -0.2) is 9.97 Å². The highest BCUT2D eigenvalue weighted by atomic mass is 79.9. The average molecular weight is 349 g/mol. The Balaban J connectivity index is 1.54. The van der Waals surface area contributed by atoms with Crippen LogP contribution in [0.1, 0.15) is 12.1 Å². The second-order valence-corrected chi connectivity index (χ2v) is 5.45. The summed E-state index contributed by atoms with van der Waals surface area (Å²) in [4.78, 5) is 20.0. The molecule has 108 valence electrons. The SMILES string of the molecule is O=C(CCn1cncn1)NCc1cn2cc(Br)ccc2n1. The number of carbonyl (C=O) groups excluding carboxylic acids is 1. The van der Waals surface area contributed by atoms with Crippen molar-refractivity contribution in [3.63, 3.8) is 0 Å². The van der Waals surface area contributed by atoms with E-state index in [0.29, 0.717) is 19.5 Å². The predicted octanol–water partition coefficient (Wildman–Crippen LogP) is 1.39. The molecule has 0 aliphatic carbocycles. The Labute approximate surface area is 129 Å². The molecule has 0 unspecified atom stereocenters. The van der Waals surface area contributed by atoms with Gasteiger partial charge in [0.05, 0.1) is 18.8 Å². The Morgan fingerprint density at radius 2 is 2.24 bits per heavy atom. The third-order valence-corrected chi connectivity index (χ3v) is 3.44. The number of amides is 1. The van der Waals surface area contributed by atoms with Crippen molar-refractivity contribution < 1.29 is 4.79 Å². The van der Waals surface area contributed by atoms with Gasteiger partial charge in [-0.15, -0.1) is 0 Å². The normalized spacial score (nSPS) is 10.9. The van der Waals surface area contributed by atoms with Gasteiger partial charge in [-0.2, -0.15) is 5.10 Å². The van der Waals surface area contributed by atoms with E-state index in [1.54, 1.807) is 11.0 Å². The molecule has 0 atom stereocenters. The van der Waals surface area contributed by atoms with E-state index in [2.05, 4.69) is 36.3 Å². The molecule has 8 heteroatoms. The molecule has 0 radical (unpaired) electrons. The van der Waals surface area contributed by atoms with Crippen molar-refractivity contribution >= 4 is 27.5 Å². The number of hydrogen-bond acceptors (Lipinski definition) is 4. The first-order chi connectivity index (χ1) is 10.2. The van der Waals surface area contributed by atoms with Gasteiger partial charge in [0.2, 0.25) is 5.91 Å². The predicted molar refractivity (Wildman–Crippen MR) is 79.4 cm³/mol. The Kier molecular flexibility index (Phi) is 3.96. The molecule has 7 nitrogen and oxygen atoms in total. The number of nitrogens with zero attached hydrogens (tertiary/aromatic N) is 5. The summed E-state index contributed by atoms with van der Waals surface area (Å²) in [5.41, 5.74) is 1.67. The number of pyridine rings is 1. The first kappa shape index (κ1) is 13.7. The van der Waals surface area contributed by atoms with Gasteiger partial charge in [-0.3, -0.25) is 9.48 Å². The Morgan fingerprint density at radius 1 is 1.33 bits per heavy atom. The highest BCUT2D eigenvalue weighted by Crippen LogP contribution is 2.12. The Hall–Kier alpha value is -2.22. The second kappa shape index (κ2) is 6.04. The van der Waals surface area contributed by atoms with Crippen molar-refractivity contribution in [1.82, 2.24) is 29.5 Å². The number of aromatic nitrogens is 5. The summed E-state index contributed by atoms with van der Waals surface area (Å²) in [5.74, 6) is -0.0382. The molecular formula is C13H13BrN6O. The molecule has 1 amide bonds. The number of imidazole rings is 1. The van der Waals surface area contributed by atoms with E-state index in [9.17, 15) is 4.79 Å². The smallest absolute Gasteiger partial charge is 0.222 e. The van der Waals surface area contributed by atoms with Crippen LogP contribution < -0.4 is 5.32 Å². The fourth-order valence-electron chi connectivity index (χ4n) is 1.94. The molecule has 3 heterocycles. The van der Waals surface area contributed by atoms with E-state index in [0.717, 1.165) is 15.8 Å². The standard InChI is InChI=1S/C13H13BrN6O/c14-10-1-2-12-18-11(7-19(12)6-10)5-16-13(21)3-4-20-9-15-8-17-20/h1-2,6-9H,3-5H2,(H,16,21). The van der Waals surface area contributed by atoms with Crippen LogP contribution in [0.4, 0.5) is 0 Å². The van der Waals surface area contributed by atoms with E-state index in [-0.39, 0.29) is 5.91 Å². The minimum Gasteiger partial charge on any atom is -0.350 e. The van der Waals surface area contributed by atoms with Crippen LogP contribution in [-0.2, 0) is 17.9 Å². The van der Waals surface area contributed by atoms with Crippen molar-refractivity contribution in [2.24, 2.45) is 0 Å². The average Bonchev–Trinajstić information content (AvgIpc) is 3.11. The highest BCUT2D eigenvalue weighted by Gasteiger charge is 2.05. The lowest BCUT2D eigenvalue weighted by molar-refractivity contribution is -0.121. The van der Waals surface area contributed by atoms with Crippen molar-refractivity contribution in [2.75, 3.05) is 0 Å². The van der Waals surface area contributed by atoms with Gasteiger partial charge < -0.3 is 9.72 Å². The number of rotatable bonds is 5. The maximum absolute atomic E-state index is 11.8. The summed E-state index contributed by atoms with van der Waals surface area (Å²) in [7, 11) is 0. The van der Waals surface area contributed by atoms with Gasteiger partial charge in [0.15, 0.2) is 0 Å². The van der Waals surface area contributed by atoms with Crippen LogP contribution in [0.3, 0.4) is 0 Å². The van der Waals surface area contributed by atoms with Crippen LogP contribution in [0.5, 0.6) is 0 Å². The third kappa shape index (κ3) is 3.46. The van der Waals surface area contributed by atoms with Crippen molar-refractivity contribution in [3.05, 3.63) is 47.3 Å². The van der Waals surface area contributed by atoms with Gasteiger partial charge in [0, 0.05) is 23.3 Å². The maximum Gasteiger partial charge on any atom is 0.222 e. The number of halogens is 1. The fourth-order valence-corrected chi connectivity index (χ4v) is 2.30. The van der Waals surface area contributed by atoms with Gasteiger partial charge in [-0.1, -0.05) is 0 Å². The van der Waals surface area contributed by atoms with Crippen molar-refractivity contribution in [1.29, 1.82) is 0 Å². The topological polar surface area (TPSA) is 77.1 Å². The second-order valence-electron chi connectivity index (χ2n) is 4.53. The summed E-state index contributed by atoms with van der Waals surface area (Å²) in [6, 6.07) is 3.85. The molecule has 0 spiro atoms. The summed E-state index contributed by atoms with van der Waals surface area (Å²) in [5, 5.41) is 6.80. The monoisotopic (exact) mass is 348 g/mol. The quantitative estimate of drug-likeness (QED) is 0.755. The molecule has 1 N–H and O–H groups in total. The molecule has 3 aromatic heterocycles. The van der Waals surface area contributed by atoms with Crippen LogP contribution in [0.2, 0.25) is 0 Å². The van der Waals surface area contributed by atoms with Crippen LogP contribution >= 0.6 is 15.9 Å². The summed E-state index contributed by atoms with van der Waals surface area (Å²) < 4.78 is 4.53. The van der Waals surface area contributed by atoms with Gasteiger partial charge in [0.1, 0.15) is 18.3 Å². The maximum atomic E-state index is 11.8. The number of carbonyl (C=O) groups is 1. The lowest BCUT2D eigenvalue weighted by Gasteiger charge is -2.02. The van der Waals surface area contributed by atoms with E-state index in [1.165, 1.54) is 6.33 Å². The lowest BCUT2D eigenvalue weighted by atomic mass is 10.4. The number of aryl methyl sites for hydroxylation is 1. The van der Waals surface area contributed by atoms with E-state index < -0.39 is 0 Å². The minimum absolute atomic E-state index is 0.0382. The number of hydrogen-bond donors (Lipinski definition) is 1. The number of fused-ring (bicyclic) bond motifs is 1. The summed E-state index contributed by atoms with van der Waals surface area (Å²) in [6.07, 6.45) is 7.23. The zero-order valence-corrected chi connectivity index (χ0v) is 12.7. The molecule has 3 aromatic rings. The number of nitrogens with one attached hydrogen (secondary N) is 1. The molecule has 3 rings (SSSR count). The van der Waals surface area contributed by atoms with Crippen LogP contribution in [0.15, 0.2) is 41.7 Å². The Morgan fingerprint density at radius 3 is 3.05 bits per heavy atom. The Bertz CT molecular complexity index is 751. The van der Waals surface area contributed by atoms with Crippen LogP contribution in [0.25, 0.3) is 5.65 Å². The first-order valence-corrected chi connectivity index (χ1v) is 7.22. The molecule has 0 aromatic carbocycles. The minimum atomic E-state index is -0.0382. The fraction of sp³-hybridized carbons (Fsp3) is 0.231. The van der Waals surface area contributed by atoms with E-state index >= 15 is 0 Å². The van der Waals surface area contributed by atoms with Crippen LogP contribution in [0, 0.1) is 0 Å². The zero-order chi connectivity index (χ0) is 14.7. The molecule has 21 heavy (non-hydrogen) atoms. The first-order valence-electron chi connectivity index (χ1n) is 6.43. The summed E-state index contributed by atoms with van der Waals surface area (Å²) >= 11 is 3.41. The van der Waals surface area contributed by atoms with Crippen LogP contribution in [-0.4, -0.2) is 30.1 Å². The van der Waals surface area contributed by atoms with Crippen molar-refractivity contribution in [3.8, 4) is 0 Å². The zero-order valence-electron chi connectivity index (χ0n) is 11.1. The van der Waals surface area contributed by atoms with Crippen molar-refractivity contribution in [2.45, 2.75) is 19.5 Å². The molecule has 0 aliphatic heterocycles. The summed E-state index contributed by atoms with van der Waals surface area (Å²) in [6.45, 7) is 0.930. The third-order valence-electron chi connectivity index (χ3n) is 2.97. The van der Waals surface area contributed by atoms with Gasteiger partial charge in [-0.05, 0) is 28.1 Å². The van der Waals surface area contributed by atoms with Gasteiger partial charge in [0.25, 0.3) is 0 Å². The molecule has 0 fully saturated rings. The van der Waals surface area contributed by atoms with Gasteiger partial charge >= 0.3 is 0 Å². The lowest BCUT2D eigenvalue weighted by Crippen LogP contribution is -2.24. The highest BCUT2D eigenvalue weighted by molar-refractivity contribution is 9.10. The molecule has 0 bridgehead atoms.